The first-order valence-corrected chi connectivity index (χ1v) is 7.35. The topological polar surface area (TPSA) is 35.8 Å². The van der Waals surface area contributed by atoms with Gasteiger partial charge in [-0.25, -0.2) is 0 Å². The molecule has 0 radical (unpaired) electrons. The molecule has 0 saturated heterocycles. The Morgan fingerprint density at radius 1 is 1.10 bits per heavy atom. The summed E-state index contributed by atoms with van der Waals surface area (Å²) in [4.78, 5) is 7.12. The van der Waals surface area contributed by atoms with E-state index in [2.05, 4.69) is 30.9 Å². The lowest BCUT2D eigenvalue weighted by molar-refractivity contribution is 0.475. The second-order valence-corrected chi connectivity index (χ2v) is 5.76. The predicted octanol–water partition coefficient (Wildman–Crippen LogP) is 3.68. The van der Waals surface area contributed by atoms with Gasteiger partial charge in [-0.05, 0) is 30.2 Å². The molecule has 1 aliphatic rings. The van der Waals surface area contributed by atoms with Gasteiger partial charge in [0.1, 0.15) is 11.6 Å². The molecule has 2 aromatic rings. The highest BCUT2D eigenvalue weighted by molar-refractivity contribution is 6.11. The van der Waals surface area contributed by atoms with Crippen LogP contribution in [0.4, 0.5) is 5.69 Å². The molecule has 21 heavy (non-hydrogen) atoms. The largest absolute Gasteiger partial charge is 0.508 e. The number of para-hydroxylation sites is 1. The van der Waals surface area contributed by atoms with Gasteiger partial charge in [0.2, 0.25) is 0 Å². The Morgan fingerprint density at radius 3 is 2.52 bits per heavy atom. The summed E-state index contributed by atoms with van der Waals surface area (Å²) in [5.74, 6) is 1.71. The minimum Gasteiger partial charge on any atom is -0.508 e. The number of benzene rings is 2. The van der Waals surface area contributed by atoms with E-state index in [-0.39, 0.29) is 11.8 Å². The van der Waals surface area contributed by atoms with Crippen LogP contribution in [-0.2, 0) is 0 Å². The van der Waals surface area contributed by atoms with Gasteiger partial charge in [0.05, 0.1) is 6.04 Å². The fraction of sp³-hybridized carbons (Fsp3) is 0.278. The molecular formula is C18H20N2O. The molecule has 0 aromatic heterocycles. The van der Waals surface area contributed by atoms with Crippen molar-refractivity contribution in [2.24, 2.45) is 10.9 Å². The summed E-state index contributed by atoms with van der Waals surface area (Å²) < 4.78 is 0. The van der Waals surface area contributed by atoms with E-state index in [0.29, 0.717) is 5.92 Å². The fourth-order valence-corrected chi connectivity index (χ4v) is 2.61. The van der Waals surface area contributed by atoms with Crippen molar-refractivity contribution in [1.29, 1.82) is 0 Å². The van der Waals surface area contributed by atoms with E-state index in [1.807, 2.05) is 30.3 Å². The highest BCUT2D eigenvalue weighted by Crippen LogP contribution is 2.27. The van der Waals surface area contributed by atoms with Crippen LogP contribution in [0.2, 0.25) is 0 Å². The maximum absolute atomic E-state index is 9.73. The Hall–Kier alpha value is -2.29. The molecule has 0 saturated carbocycles. The highest BCUT2D eigenvalue weighted by Gasteiger charge is 2.29. The van der Waals surface area contributed by atoms with Crippen molar-refractivity contribution in [2.75, 3.05) is 11.4 Å². The molecule has 0 amide bonds. The molecule has 0 aliphatic carbocycles. The Bertz CT molecular complexity index is 649. The maximum Gasteiger partial charge on any atom is 0.135 e. The van der Waals surface area contributed by atoms with E-state index in [9.17, 15) is 5.11 Å². The molecule has 0 spiro atoms. The van der Waals surface area contributed by atoms with Crippen molar-refractivity contribution in [3.8, 4) is 5.75 Å². The summed E-state index contributed by atoms with van der Waals surface area (Å²) in [7, 11) is 0. The number of hydrogen-bond acceptors (Lipinski definition) is 3. The van der Waals surface area contributed by atoms with Gasteiger partial charge in [-0.2, -0.15) is 0 Å². The standard InChI is InChI=1S/C18H20N2O/c1-13(2)17-12-20(15-8-4-3-5-9-15)18(19-17)14-7-6-10-16(21)11-14/h3-11,13,17,21H,12H2,1-2H3/t17-/m1/s1. The van der Waals surface area contributed by atoms with Crippen LogP contribution in [0, 0.1) is 5.92 Å². The van der Waals surface area contributed by atoms with Gasteiger partial charge in [-0.3, -0.25) is 4.99 Å². The van der Waals surface area contributed by atoms with E-state index in [4.69, 9.17) is 4.99 Å². The van der Waals surface area contributed by atoms with E-state index in [1.165, 1.54) is 0 Å². The van der Waals surface area contributed by atoms with Crippen LogP contribution >= 0.6 is 0 Å². The average Bonchev–Trinajstić information content (AvgIpc) is 2.93. The molecular weight excluding hydrogens is 260 g/mol. The number of rotatable bonds is 3. The normalized spacial score (nSPS) is 18.1. The maximum atomic E-state index is 9.73. The lowest BCUT2D eigenvalue weighted by atomic mass is 10.1. The molecule has 3 heteroatoms. The Balaban J connectivity index is 2.02. The summed E-state index contributed by atoms with van der Waals surface area (Å²) >= 11 is 0. The van der Waals surface area contributed by atoms with Crippen molar-refractivity contribution in [3.63, 3.8) is 0 Å². The van der Waals surface area contributed by atoms with Crippen LogP contribution in [0.3, 0.4) is 0 Å². The van der Waals surface area contributed by atoms with Gasteiger partial charge >= 0.3 is 0 Å². The number of hydrogen-bond donors (Lipinski definition) is 1. The second-order valence-electron chi connectivity index (χ2n) is 5.76. The third kappa shape index (κ3) is 2.77. The number of aliphatic imine (C=N–C) groups is 1. The number of phenols is 1. The predicted molar refractivity (Wildman–Crippen MR) is 87.1 cm³/mol. The van der Waals surface area contributed by atoms with Crippen LogP contribution in [0.25, 0.3) is 0 Å². The van der Waals surface area contributed by atoms with Gasteiger partial charge in [0.15, 0.2) is 0 Å². The van der Waals surface area contributed by atoms with Crippen molar-refractivity contribution in [2.45, 2.75) is 19.9 Å². The molecule has 2 aromatic carbocycles. The van der Waals surface area contributed by atoms with Crippen LogP contribution in [-0.4, -0.2) is 23.5 Å². The number of amidine groups is 1. The molecule has 1 atom stereocenters. The van der Waals surface area contributed by atoms with Gasteiger partial charge < -0.3 is 10.0 Å². The second kappa shape index (κ2) is 5.60. The Kier molecular flexibility index (Phi) is 3.65. The van der Waals surface area contributed by atoms with Crippen LogP contribution in [0.15, 0.2) is 59.6 Å². The van der Waals surface area contributed by atoms with E-state index >= 15 is 0 Å². The zero-order chi connectivity index (χ0) is 14.8. The van der Waals surface area contributed by atoms with Crippen molar-refractivity contribution in [1.82, 2.24) is 0 Å². The third-order valence-electron chi connectivity index (χ3n) is 3.86. The third-order valence-corrected chi connectivity index (χ3v) is 3.86. The molecule has 0 bridgehead atoms. The SMILES string of the molecule is CC(C)[C@H]1CN(c2ccccc2)C(c2cccc(O)c2)=N1. The molecule has 0 fully saturated rings. The molecule has 1 heterocycles. The Morgan fingerprint density at radius 2 is 1.86 bits per heavy atom. The molecule has 1 aliphatic heterocycles. The summed E-state index contributed by atoms with van der Waals surface area (Å²) in [6.07, 6.45) is 0. The van der Waals surface area contributed by atoms with Crippen LogP contribution in [0.1, 0.15) is 19.4 Å². The number of aromatic hydroxyl groups is 1. The number of nitrogens with zero attached hydrogens (tertiary/aromatic N) is 2. The van der Waals surface area contributed by atoms with E-state index in [1.54, 1.807) is 12.1 Å². The van der Waals surface area contributed by atoms with Gasteiger partial charge in [-0.15, -0.1) is 0 Å². The zero-order valence-electron chi connectivity index (χ0n) is 12.4. The molecule has 3 rings (SSSR count). The van der Waals surface area contributed by atoms with Gasteiger partial charge in [0.25, 0.3) is 0 Å². The summed E-state index contributed by atoms with van der Waals surface area (Å²) in [5, 5.41) is 9.73. The minimum absolute atomic E-state index is 0.274. The highest BCUT2D eigenvalue weighted by atomic mass is 16.3. The fourth-order valence-electron chi connectivity index (χ4n) is 2.61. The summed E-state index contributed by atoms with van der Waals surface area (Å²) in [6.45, 7) is 5.28. The van der Waals surface area contributed by atoms with Crippen molar-refractivity contribution < 1.29 is 5.11 Å². The zero-order valence-corrected chi connectivity index (χ0v) is 12.4. The minimum atomic E-state index is 0.274. The molecule has 108 valence electrons. The first-order valence-electron chi connectivity index (χ1n) is 7.35. The monoisotopic (exact) mass is 280 g/mol. The summed E-state index contributed by atoms with van der Waals surface area (Å²) in [6, 6.07) is 17.9. The first-order chi connectivity index (χ1) is 10.1. The molecule has 0 unspecified atom stereocenters. The number of anilines is 1. The Labute approximate surface area is 125 Å². The molecule has 3 nitrogen and oxygen atoms in total. The van der Waals surface area contributed by atoms with Crippen molar-refractivity contribution in [3.05, 3.63) is 60.2 Å². The quantitative estimate of drug-likeness (QED) is 0.931. The van der Waals surface area contributed by atoms with Crippen molar-refractivity contribution >= 4 is 11.5 Å². The smallest absolute Gasteiger partial charge is 0.135 e. The number of phenolic OH excluding ortho intramolecular Hbond substituents is 1. The summed E-state index contributed by atoms with van der Waals surface area (Å²) in [5.41, 5.74) is 2.10. The molecule has 1 N–H and O–H groups in total. The average molecular weight is 280 g/mol. The van der Waals surface area contributed by atoms with Gasteiger partial charge in [0, 0.05) is 17.8 Å². The van der Waals surface area contributed by atoms with Crippen LogP contribution < -0.4 is 4.90 Å². The van der Waals surface area contributed by atoms with E-state index in [0.717, 1.165) is 23.6 Å². The lowest BCUT2D eigenvalue weighted by Crippen LogP contribution is -2.30. The van der Waals surface area contributed by atoms with E-state index < -0.39 is 0 Å². The van der Waals surface area contributed by atoms with Crippen LogP contribution in [0.5, 0.6) is 5.75 Å². The lowest BCUT2D eigenvalue weighted by Gasteiger charge is -2.22. The van der Waals surface area contributed by atoms with Gasteiger partial charge in [-0.1, -0.05) is 44.2 Å². The first kappa shape index (κ1) is 13.7.